The smallest absolute Gasteiger partial charge is 0.282 e. The zero-order chi connectivity index (χ0) is 22.6. The number of hydrogen-bond acceptors (Lipinski definition) is 5. The van der Waals surface area contributed by atoms with Crippen molar-refractivity contribution in [3.8, 4) is 5.75 Å². The highest BCUT2D eigenvalue weighted by Crippen LogP contribution is 2.28. The van der Waals surface area contributed by atoms with E-state index in [1.807, 2.05) is 11.8 Å². The molecule has 0 aromatic heterocycles. The Morgan fingerprint density at radius 2 is 1.84 bits per heavy atom. The summed E-state index contributed by atoms with van der Waals surface area (Å²) in [7, 11) is -0.251. The molecule has 31 heavy (non-hydrogen) atoms. The Morgan fingerprint density at radius 3 is 2.45 bits per heavy atom. The van der Waals surface area contributed by atoms with Gasteiger partial charge in [-0.15, -0.1) is 0 Å². The van der Waals surface area contributed by atoms with E-state index >= 15 is 0 Å². The third-order valence-electron chi connectivity index (χ3n) is 6.40. The summed E-state index contributed by atoms with van der Waals surface area (Å²) in [5.41, 5.74) is 0.516. The topological polar surface area (TPSA) is 82.2 Å². The molecule has 10 heteroatoms. The minimum atomic E-state index is -3.49. The maximum absolute atomic E-state index is 13.1. The van der Waals surface area contributed by atoms with Crippen LogP contribution in [0.3, 0.4) is 0 Å². The van der Waals surface area contributed by atoms with Gasteiger partial charge in [-0.3, -0.25) is 9.69 Å². The summed E-state index contributed by atoms with van der Waals surface area (Å²) >= 11 is 6.04. The quantitative estimate of drug-likeness (QED) is 0.659. The summed E-state index contributed by atoms with van der Waals surface area (Å²) in [4.78, 5) is 14.8. The summed E-state index contributed by atoms with van der Waals surface area (Å²) in [6.45, 7) is 3.57. The fourth-order valence-corrected chi connectivity index (χ4v) is 6.07. The predicted octanol–water partition coefficient (Wildman–Crippen LogP) is 2.80. The molecule has 0 radical (unpaired) electrons. The van der Waals surface area contributed by atoms with E-state index in [1.165, 1.54) is 13.5 Å². The maximum Gasteiger partial charge on any atom is 0.282 e. The van der Waals surface area contributed by atoms with Gasteiger partial charge in [-0.25, -0.2) is 0 Å². The molecule has 1 saturated heterocycles. The first-order valence-electron chi connectivity index (χ1n) is 10.9. The highest BCUT2D eigenvalue weighted by Gasteiger charge is 2.36. The molecule has 8 nitrogen and oxygen atoms in total. The predicted molar refractivity (Wildman–Crippen MR) is 123 cm³/mol. The van der Waals surface area contributed by atoms with Crippen LogP contribution in [0.5, 0.6) is 5.75 Å². The minimum Gasteiger partial charge on any atom is -0.495 e. The Bertz CT molecular complexity index is 868. The summed E-state index contributed by atoms with van der Waals surface area (Å²) in [6.07, 6.45) is 5.22. The van der Waals surface area contributed by atoms with Gasteiger partial charge >= 0.3 is 0 Å². The van der Waals surface area contributed by atoms with Crippen molar-refractivity contribution in [1.82, 2.24) is 13.5 Å². The van der Waals surface area contributed by atoms with E-state index in [4.69, 9.17) is 16.3 Å². The van der Waals surface area contributed by atoms with Crippen molar-refractivity contribution in [2.45, 2.75) is 51.1 Å². The lowest BCUT2D eigenvalue weighted by molar-refractivity contribution is -0.121. The van der Waals surface area contributed by atoms with Crippen LogP contribution in [0.15, 0.2) is 18.2 Å². The second-order valence-corrected chi connectivity index (χ2v) is 10.7. The maximum atomic E-state index is 13.1. The number of hydrogen-bond donors (Lipinski definition) is 1. The number of nitrogens with one attached hydrogen (secondary N) is 1. The van der Waals surface area contributed by atoms with Gasteiger partial charge < -0.3 is 10.1 Å². The second kappa shape index (κ2) is 10.5. The van der Waals surface area contributed by atoms with Crippen molar-refractivity contribution in [3.63, 3.8) is 0 Å². The van der Waals surface area contributed by atoms with Gasteiger partial charge in [-0.05, 0) is 38.0 Å². The van der Waals surface area contributed by atoms with E-state index in [0.717, 1.165) is 25.7 Å². The normalized spacial score (nSPS) is 20.5. The molecule has 2 fully saturated rings. The molecular weight excluding hydrogens is 440 g/mol. The number of anilines is 1. The standard InChI is InChI=1S/C21H33ClN4O4S/c1-16(21(27)23-19-15-17(22)9-10-20(19)30-3)25-11-13-26(14-12-25)31(28,29)24(2)18-7-5-4-6-8-18/h9-10,15-16,18H,4-8,11-14H2,1-3H3,(H,23,27). The van der Waals surface area contributed by atoms with Crippen molar-refractivity contribution in [2.75, 3.05) is 45.7 Å². The van der Waals surface area contributed by atoms with Crippen LogP contribution < -0.4 is 10.1 Å². The molecule has 1 amide bonds. The molecule has 1 aliphatic heterocycles. The SMILES string of the molecule is COc1ccc(Cl)cc1NC(=O)C(C)N1CCN(S(=O)(=O)N(C)C2CCCCC2)CC1. The van der Waals surface area contributed by atoms with Gasteiger partial charge in [0, 0.05) is 44.3 Å². The van der Waals surface area contributed by atoms with Gasteiger partial charge in [-0.1, -0.05) is 30.9 Å². The first-order chi connectivity index (χ1) is 14.7. The van der Waals surface area contributed by atoms with E-state index < -0.39 is 16.3 Å². The molecule has 0 bridgehead atoms. The van der Waals surface area contributed by atoms with Crippen LogP contribution >= 0.6 is 11.6 Å². The Balaban J connectivity index is 1.57. The lowest BCUT2D eigenvalue weighted by Gasteiger charge is -2.40. The van der Waals surface area contributed by atoms with Crippen molar-refractivity contribution in [1.29, 1.82) is 0 Å². The van der Waals surface area contributed by atoms with Gasteiger partial charge in [0.05, 0.1) is 18.8 Å². The molecular formula is C21H33ClN4O4S. The number of rotatable bonds is 7. The molecule has 1 N–H and O–H groups in total. The monoisotopic (exact) mass is 472 g/mol. The molecule has 1 heterocycles. The molecule has 1 aromatic rings. The summed E-state index contributed by atoms with van der Waals surface area (Å²) in [5.74, 6) is 0.350. The third-order valence-corrected chi connectivity index (χ3v) is 8.68. The van der Waals surface area contributed by atoms with Crippen molar-refractivity contribution >= 4 is 33.4 Å². The molecule has 1 saturated carbocycles. The average Bonchev–Trinajstić information content (AvgIpc) is 2.78. The lowest BCUT2D eigenvalue weighted by Crippen LogP contribution is -2.57. The Hall–Kier alpha value is -1.39. The molecule has 2 aliphatic rings. The molecule has 1 aromatic carbocycles. The second-order valence-electron chi connectivity index (χ2n) is 8.26. The van der Waals surface area contributed by atoms with Crippen LogP contribution in [-0.2, 0) is 15.0 Å². The minimum absolute atomic E-state index is 0.0918. The molecule has 1 atom stereocenters. The Morgan fingerprint density at radius 1 is 1.19 bits per heavy atom. The van der Waals surface area contributed by atoms with E-state index in [0.29, 0.717) is 42.6 Å². The van der Waals surface area contributed by atoms with E-state index in [2.05, 4.69) is 5.32 Å². The van der Waals surface area contributed by atoms with Crippen LogP contribution in [0.1, 0.15) is 39.0 Å². The fourth-order valence-electron chi connectivity index (χ4n) is 4.32. The van der Waals surface area contributed by atoms with E-state index in [-0.39, 0.29) is 11.9 Å². The average molecular weight is 473 g/mol. The van der Waals surface area contributed by atoms with Crippen LogP contribution in [0.4, 0.5) is 5.69 Å². The van der Waals surface area contributed by atoms with Gasteiger partial charge in [0.2, 0.25) is 5.91 Å². The highest BCUT2D eigenvalue weighted by molar-refractivity contribution is 7.86. The van der Waals surface area contributed by atoms with Gasteiger partial charge in [0.1, 0.15) is 5.75 Å². The zero-order valence-electron chi connectivity index (χ0n) is 18.5. The number of carbonyl (C=O) groups excluding carboxylic acids is 1. The zero-order valence-corrected chi connectivity index (χ0v) is 20.1. The number of amides is 1. The highest BCUT2D eigenvalue weighted by atomic mass is 35.5. The van der Waals surface area contributed by atoms with Crippen LogP contribution in [0, 0.1) is 0 Å². The number of carbonyl (C=O) groups is 1. The first-order valence-corrected chi connectivity index (χ1v) is 12.6. The molecule has 174 valence electrons. The van der Waals surface area contributed by atoms with Crippen molar-refractivity contribution in [2.24, 2.45) is 0 Å². The third kappa shape index (κ3) is 5.70. The lowest BCUT2D eigenvalue weighted by atomic mass is 9.96. The van der Waals surface area contributed by atoms with Crippen LogP contribution in [0.2, 0.25) is 5.02 Å². The van der Waals surface area contributed by atoms with E-state index in [1.54, 1.807) is 33.9 Å². The summed E-state index contributed by atoms with van der Waals surface area (Å²) in [5, 5.41) is 3.38. The molecule has 1 aliphatic carbocycles. The van der Waals surface area contributed by atoms with E-state index in [9.17, 15) is 13.2 Å². The van der Waals surface area contributed by atoms with Crippen LogP contribution in [0.25, 0.3) is 0 Å². The van der Waals surface area contributed by atoms with Gasteiger partial charge in [-0.2, -0.15) is 17.0 Å². The van der Waals surface area contributed by atoms with Crippen molar-refractivity contribution in [3.05, 3.63) is 23.2 Å². The largest absolute Gasteiger partial charge is 0.495 e. The number of nitrogens with zero attached hydrogens (tertiary/aromatic N) is 3. The number of halogens is 1. The molecule has 3 rings (SSSR count). The van der Waals surface area contributed by atoms with Gasteiger partial charge in [0.25, 0.3) is 10.2 Å². The summed E-state index contributed by atoms with van der Waals surface area (Å²) < 4.78 is 34.5. The molecule has 1 unspecified atom stereocenters. The Kier molecular flexibility index (Phi) is 8.20. The number of benzene rings is 1. The number of piperazine rings is 1. The van der Waals surface area contributed by atoms with Crippen LogP contribution in [-0.4, -0.2) is 80.3 Å². The first kappa shape index (κ1) is 24.3. The van der Waals surface area contributed by atoms with Crippen molar-refractivity contribution < 1.29 is 17.9 Å². The molecule has 0 spiro atoms. The number of methoxy groups -OCH3 is 1. The fraction of sp³-hybridized carbons (Fsp3) is 0.667. The van der Waals surface area contributed by atoms with Gasteiger partial charge in [0.15, 0.2) is 0 Å². The summed E-state index contributed by atoms with van der Waals surface area (Å²) in [6, 6.07) is 4.73. The number of ether oxygens (including phenoxy) is 1. The Labute approximate surface area is 190 Å².